The lowest BCUT2D eigenvalue weighted by atomic mass is 10.0. The highest BCUT2D eigenvalue weighted by molar-refractivity contribution is 5.63. The zero-order valence-corrected chi connectivity index (χ0v) is 9.37. The Morgan fingerprint density at radius 2 is 2.38 bits per heavy atom. The molecule has 2 aromatic rings. The second-order valence-corrected chi connectivity index (χ2v) is 4.51. The molecular formula is C11H15N5. The van der Waals surface area contributed by atoms with E-state index in [2.05, 4.69) is 27.0 Å². The SMILES string of the molecule is C[C@@H]1CCCN(c2nccn3cnnc23)C1. The van der Waals surface area contributed by atoms with E-state index in [1.165, 1.54) is 12.8 Å². The average molecular weight is 217 g/mol. The minimum absolute atomic E-state index is 0.735. The van der Waals surface area contributed by atoms with Crippen LogP contribution in [-0.2, 0) is 0 Å². The Bertz CT molecular complexity index is 492. The number of nitrogens with zero attached hydrogens (tertiary/aromatic N) is 5. The van der Waals surface area contributed by atoms with Gasteiger partial charge in [0.2, 0.25) is 5.65 Å². The van der Waals surface area contributed by atoms with E-state index < -0.39 is 0 Å². The van der Waals surface area contributed by atoms with Crippen molar-refractivity contribution in [3.63, 3.8) is 0 Å². The van der Waals surface area contributed by atoms with E-state index in [1.54, 1.807) is 6.33 Å². The Morgan fingerprint density at radius 3 is 3.25 bits per heavy atom. The maximum absolute atomic E-state index is 4.44. The van der Waals surface area contributed by atoms with E-state index in [9.17, 15) is 0 Å². The molecular weight excluding hydrogens is 202 g/mol. The summed E-state index contributed by atoms with van der Waals surface area (Å²) in [5, 5.41) is 8.05. The first kappa shape index (κ1) is 9.57. The zero-order chi connectivity index (χ0) is 11.0. The van der Waals surface area contributed by atoms with E-state index in [4.69, 9.17) is 0 Å². The molecule has 0 spiro atoms. The molecule has 0 N–H and O–H groups in total. The Labute approximate surface area is 94.1 Å². The van der Waals surface area contributed by atoms with Gasteiger partial charge in [0.15, 0.2) is 5.82 Å². The Hall–Kier alpha value is -1.65. The van der Waals surface area contributed by atoms with Crippen LogP contribution in [0.2, 0.25) is 0 Å². The lowest BCUT2D eigenvalue weighted by Crippen LogP contribution is -2.35. The number of fused-ring (bicyclic) bond motifs is 1. The molecule has 1 aliphatic rings. The van der Waals surface area contributed by atoms with Crippen LogP contribution in [0.3, 0.4) is 0 Å². The van der Waals surface area contributed by atoms with Gasteiger partial charge in [-0.3, -0.25) is 4.40 Å². The number of hydrogen-bond donors (Lipinski definition) is 0. The summed E-state index contributed by atoms with van der Waals surface area (Å²) in [4.78, 5) is 6.76. The molecule has 3 rings (SSSR count). The van der Waals surface area contributed by atoms with Gasteiger partial charge in [0.05, 0.1) is 0 Å². The fraction of sp³-hybridized carbons (Fsp3) is 0.545. The first-order chi connectivity index (χ1) is 7.84. The van der Waals surface area contributed by atoms with Crippen molar-refractivity contribution < 1.29 is 0 Å². The highest BCUT2D eigenvalue weighted by Crippen LogP contribution is 2.23. The van der Waals surface area contributed by atoms with E-state index in [-0.39, 0.29) is 0 Å². The predicted octanol–water partition coefficient (Wildman–Crippen LogP) is 1.36. The maximum atomic E-state index is 4.44. The summed E-state index contributed by atoms with van der Waals surface area (Å²) < 4.78 is 1.92. The van der Waals surface area contributed by atoms with Gasteiger partial charge in [-0.05, 0) is 18.8 Å². The van der Waals surface area contributed by atoms with Gasteiger partial charge < -0.3 is 4.90 Å². The molecule has 1 fully saturated rings. The third-order valence-corrected chi connectivity index (χ3v) is 3.15. The number of aromatic nitrogens is 4. The summed E-state index contributed by atoms with van der Waals surface area (Å²) in [5.41, 5.74) is 0.858. The van der Waals surface area contributed by atoms with Crippen LogP contribution < -0.4 is 4.90 Å². The van der Waals surface area contributed by atoms with Crippen molar-refractivity contribution in [2.24, 2.45) is 5.92 Å². The Balaban J connectivity index is 2.01. The van der Waals surface area contributed by atoms with Gasteiger partial charge in [0.25, 0.3) is 0 Å². The van der Waals surface area contributed by atoms with Gasteiger partial charge in [-0.15, -0.1) is 10.2 Å². The average Bonchev–Trinajstić information content (AvgIpc) is 2.76. The largest absolute Gasteiger partial charge is 0.353 e. The third kappa shape index (κ3) is 1.52. The molecule has 5 nitrogen and oxygen atoms in total. The molecule has 84 valence electrons. The number of rotatable bonds is 1. The van der Waals surface area contributed by atoms with Crippen LogP contribution in [0.4, 0.5) is 5.82 Å². The smallest absolute Gasteiger partial charge is 0.203 e. The van der Waals surface area contributed by atoms with E-state index in [0.717, 1.165) is 30.5 Å². The van der Waals surface area contributed by atoms with Crippen LogP contribution in [0.25, 0.3) is 5.65 Å². The van der Waals surface area contributed by atoms with Gasteiger partial charge >= 0.3 is 0 Å². The van der Waals surface area contributed by atoms with Crippen molar-refractivity contribution in [1.29, 1.82) is 0 Å². The summed E-state index contributed by atoms with van der Waals surface area (Å²) >= 11 is 0. The molecule has 0 amide bonds. The predicted molar refractivity (Wildman–Crippen MR) is 61.4 cm³/mol. The molecule has 16 heavy (non-hydrogen) atoms. The van der Waals surface area contributed by atoms with Crippen molar-refractivity contribution in [1.82, 2.24) is 19.6 Å². The maximum Gasteiger partial charge on any atom is 0.203 e. The topological polar surface area (TPSA) is 46.3 Å². The number of piperidine rings is 1. The minimum atomic E-state index is 0.735. The fourth-order valence-corrected chi connectivity index (χ4v) is 2.35. The van der Waals surface area contributed by atoms with Crippen LogP contribution in [0.1, 0.15) is 19.8 Å². The monoisotopic (exact) mass is 217 g/mol. The van der Waals surface area contributed by atoms with E-state index >= 15 is 0 Å². The summed E-state index contributed by atoms with van der Waals surface area (Å²) in [6.45, 7) is 4.43. The second-order valence-electron chi connectivity index (χ2n) is 4.51. The third-order valence-electron chi connectivity index (χ3n) is 3.15. The van der Waals surface area contributed by atoms with Crippen molar-refractivity contribution >= 4 is 11.5 Å². The number of hydrogen-bond acceptors (Lipinski definition) is 4. The van der Waals surface area contributed by atoms with Crippen molar-refractivity contribution in [3.05, 3.63) is 18.7 Å². The molecule has 1 saturated heterocycles. The van der Waals surface area contributed by atoms with Gasteiger partial charge in [0, 0.05) is 25.5 Å². The molecule has 5 heteroatoms. The number of anilines is 1. The molecule has 0 radical (unpaired) electrons. The van der Waals surface area contributed by atoms with Crippen molar-refractivity contribution in [3.8, 4) is 0 Å². The van der Waals surface area contributed by atoms with Crippen LogP contribution in [0, 0.1) is 5.92 Å². The Morgan fingerprint density at radius 1 is 1.44 bits per heavy atom. The van der Waals surface area contributed by atoms with Crippen LogP contribution in [-0.4, -0.2) is 32.7 Å². The Kier molecular flexibility index (Phi) is 2.23. The first-order valence-corrected chi connectivity index (χ1v) is 5.74. The normalized spacial score (nSPS) is 21.6. The summed E-state index contributed by atoms with van der Waals surface area (Å²) in [5.74, 6) is 1.70. The molecule has 0 aromatic carbocycles. The zero-order valence-electron chi connectivity index (χ0n) is 9.37. The van der Waals surface area contributed by atoms with E-state index in [1.807, 2.05) is 16.8 Å². The van der Waals surface area contributed by atoms with Gasteiger partial charge in [-0.2, -0.15) is 0 Å². The molecule has 0 unspecified atom stereocenters. The highest BCUT2D eigenvalue weighted by Gasteiger charge is 2.20. The quantitative estimate of drug-likeness (QED) is 0.723. The minimum Gasteiger partial charge on any atom is -0.353 e. The summed E-state index contributed by atoms with van der Waals surface area (Å²) in [7, 11) is 0. The molecule has 0 bridgehead atoms. The molecule has 3 heterocycles. The molecule has 0 saturated carbocycles. The van der Waals surface area contributed by atoms with Crippen LogP contribution in [0.5, 0.6) is 0 Å². The summed E-state index contributed by atoms with van der Waals surface area (Å²) in [6.07, 6.45) is 7.95. The van der Waals surface area contributed by atoms with Crippen LogP contribution in [0.15, 0.2) is 18.7 Å². The molecule has 1 atom stereocenters. The molecule has 2 aromatic heterocycles. The van der Waals surface area contributed by atoms with Crippen molar-refractivity contribution in [2.45, 2.75) is 19.8 Å². The highest BCUT2D eigenvalue weighted by atomic mass is 15.3. The molecule has 0 aliphatic carbocycles. The lowest BCUT2D eigenvalue weighted by Gasteiger charge is -2.31. The van der Waals surface area contributed by atoms with E-state index in [0.29, 0.717) is 0 Å². The lowest BCUT2D eigenvalue weighted by molar-refractivity contribution is 0.445. The standard InChI is InChI=1S/C11H15N5/c1-9-3-2-5-15(7-9)10-11-14-13-8-16(11)6-4-12-10/h4,6,8-9H,2-3,5,7H2,1H3/t9-/m1/s1. The van der Waals surface area contributed by atoms with Gasteiger partial charge in [-0.25, -0.2) is 4.98 Å². The van der Waals surface area contributed by atoms with Crippen molar-refractivity contribution in [2.75, 3.05) is 18.0 Å². The van der Waals surface area contributed by atoms with Crippen LogP contribution >= 0.6 is 0 Å². The first-order valence-electron chi connectivity index (χ1n) is 5.74. The molecule has 1 aliphatic heterocycles. The van der Waals surface area contributed by atoms with Gasteiger partial charge in [0.1, 0.15) is 6.33 Å². The fourth-order valence-electron chi connectivity index (χ4n) is 2.35. The summed E-state index contributed by atoms with van der Waals surface area (Å²) in [6, 6.07) is 0. The van der Waals surface area contributed by atoms with Gasteiger partial charge in [-0.1, -0.05) is 6.92 Å². The second kappa shape index (κ2) is 3.73.